The van der Waals surface area contributed by atoms with Gasteiger partial charge in [-0.2, -0.15) is 0 Å². The van der Waals surface area contributed by atoms with E-state index < -0.39 is 0 Å². The van der Waals surface area contributed by atoms with Gasteiger partial charge in [-0.3, -0.25) is 0 Å². The van der Waals surface area contributed by atoms with Crippen molar-refractivity contribution in [2.75, 3.05) is 18.0 Å². The van der Waals surface area contributed by atoms with Crippen molar-refractivity contribution < 1.29 is 4.79 Å². The fourth-order valence-electron chi connectivity index (χ4n) is 3.25. The van der Waals surface area contributed by atoms with E-state index in [1.165, 1.54) is 18.4 Å². The summed E-state index contributed by atoms with van der Waals surface area (Å²) in [4.78, 5) is 18.9. The van der Waals surface area contributed by atoms with Gasteiger partial charge < -0.3 is 15.5 Å². The van der Waals surface area contributed by atoms with Crippen LogP contribution < -0.4 is 15.5 Å². The molecule has 0 saturated carbocycles. The molecular weight excluding hydrogens is 324 g/mol. The van der Waals surface area contributed by atoms with Crippen LogP contribution >= 0.6 is 0 Å². The topological polar surface area (TPSA) is 57.3 Å². The van der Waals surface area contributed by atoms with Crippen molar-refractivity contribution in [2.24, 2.45) is 0 Å². The SMILES string of the molecule is CC(CCc1ccccc1)NC(=O)NCc1ccnc(N2CCCC2)c1. The van der Waals surface area contributed by atoms with Crippen LogP contribution in [0.3, 0.4) is 0 Å². The summed E-state index contributed by atoms with van der Waals surface area (Å²) in [7, 11) is 0. The van der Waals surface area contributed by atoms with Gasteiger partial charge in [0.25, 0.3) is 0 Å². The summed E-state index contributed by atoms with van der Waals surface area (Å²) in [5, 5.41) is 5.96. The third-order valence-electron chi connectivity index (χ3n) is 4.78. The van der Waals surface area contributed by atoms with E-state index in [1.807, 2.05) is 37.4 Å². The first-order chi connectivity index (χ1) is 12.7. The number of benzene rings is 1. The molecule has 1 aromatic heterocycles. The fraction of sp³-hybridized carbons (Fsp3) is 0.429. The zero-order valence-corrected chi connectivity index (χ0v) is 15.4. The molecule has 2 N–H and O–H groups in total. The van der Waals surface area contributed by atoms with Gasteiger partial charge in [0, 0.05) is 31.9 Å². The molecule has 5 nitrogen and oxygen atoms in total. The zero-order chi connectivity index (χ0) is 18.2. The van der Waals surface area contributed by atoms with E-state index in [-0.39, 0.29) is 12.1 Å². The van der Waals surface area contributed by atoms with Gasteiger partial charge in [0.1, 0.15) is 5.82 Å². The van der Waals surface area contributed by atoms with E-state index in [0.717, 1.165) is 37.3 Å². The normalized spacial score (nSPS) is 14.9. The second kappa shape index (κ2) is 9.22. The van der Waals surface area contributed by atoms with Crippen molar-refractivity contribution in [3.63, 3.8) is 0 Å². The number of aromatic nitrogens is 1. The van der Waals surface area contributed by atoms with Crippen LogP contribution in [-0.4, -0.2) is 30.1 Å². The average molecular weight is 352 g/mol. The summed E-state index contributed by atoms with van der Waals surface area (Å²) >= 11 is 0. The number of rotatable bonds is 7. The van der Waals surface area contributed by atoms with Crippen LogP contribution in [0, 0.1) is 0 Å². The van der Waals surface area contributed by atoms with Crippen LogP contribution in [0.2, 0.25) is 0 Å². The maximum atomic E-state index is 12.1. The molecule has 1 fully saturated rings. The number of hydrogen-bond acceptors (Lipinski definition) is 3. The monoisotopic (exact) mass is 352 g/mol. The quantitative estimate of drug-likeness (QED) is 0.802. The number of carbonyl (C=O) groups is 1. The highest BCUT2D eigenvalue weighted by Crippen LogP contribution is 2.18. The van der Waals surface area contributed by atoms with Crippen molar-refractivity contribution in [2.45, 2.75) is 45.2 Å². The number of nitrogens with zero attached hydrogens (tertiary/aromatic N) is 2. The second-order valence-corrected chi connectivity index (χ2v) is 6.97. The van der Waals surface area contributed by atoms with E-state index in [4.69, 9.17) is 0 Å². The summed E-state index contributed by atoms with van der Waals surface area (Å²) in [6.45, 7) is 4.70. The Labute approximate surface area is 155 Å². The maximum absolute atomic E-state index is 12.1. The first kappa shape index (κ1) is 18.2. The Bertz CT molecular complexity index is 698. The highest BCUT2D eigenvalue weighted by Gasteiger charge is 2.14. The smallest absolute Gasteiger partial charge is 0.315 e. The van der Waals surface area contributed by atoms with Crippen LogP contribution in [0.4, 0.5) is 10.6 Å². The van der Waals surface area contributed by atoms with Gasteiger partial charge >= 0.3 is 6.03 Å². The Kier molecular flexibility index (Phi) is 6.47. The molecule has 1 unspecified atom stereocenters. The van der Waals surface area contributed by atoms with Crippen molar-refractivity contribution in [3.05, 3.63) is 59.8 Å². The Morgan fingerprint density at radius 3 is 2.69 bits per heavy atom. The predicted molar refractivity (Wildman–Crippen MR) is 105 cm³/mol. The number of amides is 2. The minimum Gasteiger partial charge on any atom is -0.357 e. The van der Waals surface area contributed by atoms with Crippen LogP contribution in [-0.2, 0) is 13.0 Å². The lowest BCUT2D eigenvalue weighted by Gasteiger charge is -2.17. The van der Waals surface area contributed by atoms with Gasteiger partial charge in [-0.1, -0.05) is 30.3 Å². The maximum Gasteiger partial charge on any atom is 0.315 e. The standard InChI is InChI=1S/C21H28N4O/c1-17(9-10-18-7-3-2-4-8-18)24-21(26)23-16-19-11-12-22-20(15-19)25-13-5-6-14-25/h2-4,7-8,11-12,15,17H,5-6,9-10,13-14,16H2,1H3,(H2,23,24,26). The minimum atomic E-state index is -0.120. The van der Waals surface area contributed by atoms with Gasteiger partial charge in [0.15, 0.2) is 0 Å². The van der Waals surface area contributed by atoms with Gasteiger partial charge in [-0.05, 0) is 55.9 Å². The van der Waals surface area contributed by atoms with Crippen molar-refractivity contribution in [1.82, 2.24) is 15.6 Å². The van der Waals surface area contributed by atoms with Crippen molar-refractivity contribution in [1.29, 1.82) is 0 Å². The third-order valence-corrected chi connectivity index (χ3v) is 4.78. The number of nitrogens with one attached hydrogen (secondary N) is 2. The number of urea groups is 1. The van der Waals surface area contributed by atoms with Crippen LogP contribution in [0.25, 0.3) is 0 Å². The molecule has 0 radical (unpaired) electrons. The average Bonchev–Trinajstić information content (AvgIpc) is 3.21. The Balaban J connectivity index is 1.41. The number of hydrogen-bond donors (Lipinski definition) is 2. The van der Waals surface area contributed by atoms with E-state index >= 15 is 0 Å². The summed E-state index contributed by atoms with van der Waals surface area (Å²) in [5.41, 5.74) is 2.38. The molecule has 5 heteroatoms. The second-order valence-electron chi connectivity index (χ2n) is 6.97. The summed E-state index contributed by atoms with van der Waals surface area (Å²) in [6, 6.07) is 14.4. The Hall–Kier alpha value is -2.56. The van der Waals surface area contributed by atoms with Gasteiger partial charge in [0.2, 0.25) is 0 Å². The molecule has 1 aromatic carbocycles. The molecule has 1 aliphatic heterocycles. The highest BCUT2D eigenvalue weighted by molar-refractivity contribution is 5.74. The molecule has 1 atom stereocenters. The van der Waals surface area contributed by atoms with Crippen LogP contribution in [0.5, 0.6) is 0 Å². The summed E-state index contributed by atoms with van der Waals surface area (Å²) in [5.74, 6) is 1.01. The molecule has 2 aromatic rings. The van der Waals surface area contributed by atoms with E-state index in [1.54, 1.807) is 0 Å². The van der Waals surface area contributed by atoms with Crippen LogP contribution in [0.15, 0.2) is 48.7 Å². The van der Waals surface area contributed by atoms with Gasteiger partial charge in [0.05, 0.1) is 0 Å². The molecule has 1 aliphatic rings. The van der Waals surface area contributed by atoms with Gasteiger partial charge in [-0.25, -0.2) is 9.78 Å². The third kappa shape index (κ3) is 5.48. The molecule has 0 spiro atoms. The molecule has 3 rings (SSSR count). The number of pyridine rings is 1. The molecule has 1 saturated heterocycles. The lowest BCUT2D eigenvalue weighted by Crippen LogP contribution is -2.40. The number of carbonyl (C=O) groups excluding carboxylic acids is 1. The molecule has 138 valence electrons. The van der Waals surface area contributed by atoms with E-state index in [0.29, 0.717) is 6.54 Å². The minimum absolute atomic E-state index is 0.120. The molecule has 0 bridgehead atoms. The van der Waals surface area contributed by atoms with Crippen molar-refractivity contribution >= 4 is 11.8 Å². The fourth-order valence-corrected chi connectivity index (χ4v) is 3.25. The predicted octanol–water partition coefficient (Wildman–Crippen LogP) is 3.50. The van der Waals surface area contributed by atoms with Gasteiger partial charge in [-0.15, -0.1) is 0 Å². The first-order valence-corrected chi connectivity index (χ1v) is 9.49. The molecule has 2 amide bonds. The lowest BCUT2D eigenvalue weighted by molar-refractivity contribution is 0.237. The van der Waals surface area contributed by atoms with Crippen LogP contribution in [0.1, 0.15) is 37.3 Å². The largest absolute Gasteiger partial charge is 0.357 e. The number of aryl methyl sites for hydroxylation is 1. The molecule has 0 aliphatic carbocycles. The van der Waals surface area contributed by atoms with E-state index in [2.05, 4.69) is 38.7 Å². The summed E-state index contributed by atoms with van der Waals surface area (Å²) < 4.78 is 0. The Morgan fingerprint density at radius 1 is 1.15 bits per heavy atom. The Morgan fingerprint density at radius 2 is 1.92 bits per heavy atom. The summed E-state index contributed by atoms with van der Waals surface area (Å²) in [6.07, 6.45) is 6.17. The molecule has 26 heavy (non-hydrogen) atoms. The highest BCUT2D eigenvalue weighted by atomic mass is 16.2. The lowest BCUT2D eigenvalue weighted by atomic mass is 10.1. The molecule has 2 heterocycles. The first-order valence-electron chi connectivity index (χ1n) is 9.49. The van der Waals surface area contributed by atoms with E-state index in [9.17, 15) is 4.79 Å². The zero-order valence-electron chi connectivity index (χ0n) is 15.4. The number of anilines is 1. The molecular formula is C21H28N4O. The van der Waals surface area contributed by atoms with Crippen molar-refractivity contribution in [3.8, 4) is 0 Å².